The van der Waals surface area contributed by atoms with Crippen LogP contribution >= 0.6 is 11.3 Å². The Morgan fingerprint density at radius 2 is 0.981 bits per heavy atom. The van der Waals surface area contributed by atoms with Crippen molar-refractivity contribution in [3.63, 3.8) is 0 Å². The van der Waals surface area contributed by atoms with Crippen molar-refractivity contribution in [1.29, 1.82) is 0 Å². The van der Waals surface area contributed by atoms with Crippen LogP contribution in [0.2, 0.25) is 0 Å². The Morgan fingerprint density at radius 3 is 1.80 bits per heavy atom. The Kier molecular flexibility index (Phi) is 6.97. The first-order valence-electron chi connectivity index (χ1n) is 17.9. The predicted octanol–water partition coefficient (Wildman–Crippen LogP) is 13.0. The number of hydrogen-bond acceptors (Lipinski definition) is 6. The van der Waals surface area contributed by atoms with Gasteiger partial charge in [-0.25, -0.2) is 19.9 Å². The molecule has 6 heteroatoms. The van der Waals surface area contributed by atoms with Gasteiger partial charge in [0.2, 0.25) is 5.89 Å². The Labute approximate surface area is 313 Å². The smallest absolute Gasteiger partial charge is 0.227 e. The molecule has 0 radical (unpaired) electrons. The topological polar surface area (TPSA) is 64.7 Å². The molecule has 11 aromatic rings. The highest BCUT2D eigenvalue weighted by Crippen LogP contribution is 2.43. The van der Waals surface area contributed by atoms with Gasteiger partial charge in [0.05, 0.1) is 0 Å². The summed E-state index contributed by atoms with van der Waals surface area (Å²) in [7, 11) is 0. The van der Waals surface area contributed by atoms with Crippen LogP contribution in [0.1, 0.15) is 0 Å². The molecule has 0 saturated carbocycles. The third-order valence-electron chi connectivity index (χ3n) is 10.2. The van der Waals surface area contributed by atoms with Crippen molar-refractivity contribution in [3.8, 4) is 56.7 Å². The zero-order valence-corrected chi connectivity index (χ0v) is 29.6. The average Bonchev–Trinajstić information content (AvgIpc) is 3.86. The van der Waals surface area contributed by atoms with E-state index in [4.69, 9.17) is 24.4 Å². The quantitative estimate of drug-likeness (QED) is 0.178. The zero-order chi connectivity index (χ0) is 35.6. The fraction of sp³-hybridized carbons (Fsp3) is 0. The van der Waals surface area contributed by atoms with E-state index in [9.17, 15) is 0 Å². The van der Waals surface area contributed by atoms with E-state index in [1.165, 1.54) is 20.2 Å². The molecule has 0 aliphatic rings. The van der Waals surface area contributed by atoms with Gasteiger partial charge in [0.25, 0.3) is 0 Å². The first-order valence-corrected chi connectivity index (χ1v) is 18.7. The molecule has 0 unspecified atom stereocenters. The molecule has 3 heterocycles. The van der Waals surface area contributed by atoms with Gasteiger partial charge in [-0.15, -0.1) is 11.3 Å². The van der Waals surface area contributed by atoms with Crippen LogP contribution in [0.5, 0.6) is 0 Å². The molecule has 0 bridgehead atoms. The third-order valence-corrected chi connectivity index (χ3v) is 11.3. The van der Waals surface area contributed by atoms with Crippen molar-refractivity contribution >= 4 is 64.2 Å². The van der Waals surface area contributed by atoms with Gasteiger partial charge in [-0.2, -0.15) is 0 Å². The zero-order valence-electron chi connectivity index (χ0n) is 28.8. The summed E-state index contributed by atoms with van der Waals surface area (Å²) >= 11 is 1.79. The van der Waals surface area contributed by atoms with Crippen molar-refractivity contribution < 1.29 is 4.42 Å². The molecular formula is C48H28N4OS. The lowest BCUT2D eigenvalue weighted by atomic mass is 9.91. The van der Waals surface area contributed by atoms with Gasteiger partial charge in [0.15, 0.2) is 23.1 Å². The molecule has 0 spiro atoms. The van der Waals surface area contributed by atoms with Crippen molar-refractivity contribution in [2.75, 3.05) is 0 Å². The summed E-state index contributed by atoms with van der Waals surface area (Å²) in [5.74, 6) is 2.52. The van der Waals surface area contributed by atoms with Gasteiger partial charge in [-0.1, -0.05) is 133 Å². The molecule has 11 rings (SSSR count). The van der Waals surface area contributed by atoms with Crippen molar-refractivity contribution in [3.05, 3.63) is 170 Å². The van der Waals surface area contributed by atoms with Gasteiger partial charge in [-0.3, -0.25) is 0 Å². The fourth-order valence-electron chi connectivity index (χ4n) is 7.71. The first-order chi connectivity index (χ1) is 26.8. The lowest BCUT2D eigenvalue weighted by Crippen LogP contribution is -2.01. The minimum absolute atomic E-state index is 0.610. The number of rotatable bonds is 5. The molecule has 0 aliphatic carbocycles. The van der Waals surface area contributed by atoms with Gasteiger partial charge >= 0.3 is 0 Å². The predicted molar refractivity (Wildman–Crippen MR) is 222 cm³/mol. The van der Waals surface area contributed by atoms with Crippen molar-refractivity contribution in [2.24, 2.45) is 0 Å². The van der Waals surface area contributed by atoms with Crippen LogP contribution < -0.4 is 0 Å². The summed E-state index contributed by atoms with van der Waals surface area (Å²) in [4.78, 5) is 20.6. The number of fused-ring (bicyclic) bond motifs is 7. The molecule has 252 valence electrons. The second kappa shape index (κ2) is 12.3. The van der Waals surface area contributed by atoms with Crippen LogP contribution in [0.15, 0.2) is 174 Å². The lowest BCUT2D eigenvalue weighted by Gasteiger charge is -2.14. The van der Waals surface area contributed by atoms with Crippen LogP contribution in [0.4, 0.5) is 0 Å². The van der Waals surface area contributed by atoms with E-state index in [-0.39, 0.29) is 0 Å². The van der Waals surface area contributed by atoms with Gasteiger partial charge in [0.1, 0.15) is 5.52 Å². The van der Waals surface area contributed by atoms with E-state index in [2.05, 4.69) is 115 Å². The van der Waals surface area contributed by atoms with E-state index < -0.39 is 0 Å². The number of thiophene rings is 1. The molecule has 3 aromatic heterocycles. The molecule has 0 saturated heterocycles. The summed E-state index contributed by atoms with van der Waals surface area (Å²) in [5, 5.41) is 6.69. The third kappa shape index (κ3) is 4.92. The average molecular weight is 709 g/mol. The van der Waals surface area contributed by atoms with Gasteiger partial charge in [0, 0.05) is 47.8 Å². The summed E-state index contributed by atoms with van der Waals surface area (Å²) in [6.07, 6.45) is 0. The summed E-state index contributed by atoms with van der Waals surface area (Å²) in [6.45, 7) is 0. The molecule has 0 atom stereocenters. The molecule has 8 aromatic carbocycles. The van der Waals surface area contributed by atoms with E-state index in [1.54, 1.807) is 11.3 Å². The maximum atomic E-state index is 6.33. The highest BCUT2D eigenvalue weighted by molar-refractivity contribution is 7.25. The van der Waals surface area contributed by atoms with E-state index >= 15 is 0 Å². The monoisotopic (exact) mass is 708 g/mol. The summed E-state index contributed by atoms with van der Waals surface area (Å²) in [5.41, 5.74) is 7.62. The van der Waals surface area contributed by atoms with Gasteiger partial charge < -0.3 is 4.42 Å². The van der Waals surface area contributed by atoms with Crippen LogP contribution in [0.3, 0.4) is 0 Å². The molecule has 5 nitrogen and oxygen atoms in total. The first kappa shape index (κ1) is 30.6. The highest BCUT2D eigenvalue weighted by Gasteiger charge is 2.20. The minimum Gasteiger partial charge on any atom is -0.436 e. The van der Waals surface area contributed by atoms with Crippen LogP contribution in [-0.2, 0) is 0 Å². The molecule has 54 heavy (non-hydrogen) atoms. The van der Waals surface area contributed by atoms with Crippen molar-refractivity contribution in [2.45, 2.75) is 0 Å². The Hall–Kier alpha value is -7.02. The number of nitrogens with zero attached hydrogens (tertiary/aromatic N) is 4. The molecule has 0 fully saturated rings. The van der Waals surface area contributed by atoms with Crippen LogP contribution in [-0.4, -0.2) is 19.9 Å². The summed E-state index contributed by atoms with van der Waals surface area (Å²) < 4.78 is 8.77. The summed E-state index contributed by atoms with van der Waals surface area (Å²) in [6, 6.07) is 58.6. The lowest BCUT2D eigenvalue weighted by molar-refractivity contribution is 0.620. The van der Waals surface area contributed by atoms with Crippen molar-refractivity contribution in [1.82, 2.24) is 19.9 Å². The SMILES string of the molecule is c1ccc(-c2nc(-c3ccc(-c4cccc5ccc6oc(-c7ccccc7)nc6c45)c4ccccc34)nc(-c3cccc4sc5ccccc5c34)n2)cc1. The highest BCUT2D eigenvalue weighted by atomic mass is 32.1. The minimum atomic E-state index is 0.610. The number of oxazole rings is 1. The Balaban J connectivity index is 1.14. The van der Waals surface area contributed by atoms with Crippen LogP contribution in [0.25, 0.3) is 110 Å². The second-order valence-corrected chi connectivity index (χ2v) is 14.4. The van der Waals surface area contributed by atoms with E-state index in [0.717, 1.165) is 66.0 Å². The molecule has 0 amide bonds. The molecular weight excluding hydrogens is 681 g/mol. The largest absolute Gasteiger partial charge is 0.436 e. The second-order valence-electron chi connectivity index (χ2n) is 13.4. The Morgan fingerprint density at radius 1 is 0.370 bits per heavy atom. The molecule has 0 N–H and O–H groups in total. The number of benzene rings is 8. The fourth-order valence-corrected chi connectivity index (χ4v) is 8.85. The number of hydrogen-bond donors (Lipinski definition) is 0. The standard InChI is InChI=1S/C48H28N4OS/c1-3-13-30(14-4-1)45-50-46(52-47(51-45)38-22-12-24-41-43(38)37-20-9-10-23-40(37)54-41)36-27-26-34(32-18-7-8-19-33(32)36)35-21-11-17-29-25-28-39-44(42(29)35)49-48(53-39)31-15-5-2-6-16-31/h1-28H. The molecule has 0 aliphatic heterocycles. The van der Waals surface area contributed by atoms with E-state index in [0.29, 0.717) is 23.4 Å². The number of aromatic nitrogens is 4. The normalized spacial score (nSPS) is 11.7. The maximum absolute atomic E-state index is 6.33. The van der Waals surface area contributed by atoms with Crippen LogP contribution in [0, 0.1) is 0 Å². The van der Waals surface area contributed by atoms with Gasteiger partial charge in [-0.05, 0) is 63.7 Å². The maximum Gasteiger partial charge on any atom is 0.227 e. The van der Waals surface area contributed by atoms with E-state index in [1.807, 2.05) is 54.6 Å². The Bertz CT molecular complexity index is 3220.